The molecule has 0 radical (unpaired) electrons. The minimum Gasteiger partial charge on any atom is -0.337 e. The summed E-state index contributed by atoms with van der Waals surface area (Å²) in [7, 11) is -3.80. The Morgan fingerprint density at radius 1 is 1.00 bits per heavy atom. The molecule has 2 aromatic carbocycles. The first-order valence-corrected chi connectivity index (χ1v) is 10.6. The van der Waals surface area contributed by atoms with Gasteiger partial charge < -0.3 is 4.90 Å². The fourth-order valence-electron chi connectivity index (χ4n) is 2.81. The molecule has 28 heavy (non-hydrogen) atoms. The first kappa shape index (κ1) is 20.8. The molecule has 1 heterocycles. The molecule has 0 N–H and O–H groups in total. The fraction of sp³-hybridized carbons (Fsp3) is 0.211. The lowest BCUT2D eigenvalue weighted by Gasteiger charge is -2.33. The molecule has 0 aliphatic carbocycles. The number of piperazine rings is 1. The normalized spacial score (nSPS) is 15.9. The van der Waals surface area contributed by atoms with Gasteiger partial charge in [0.05, 0.1) is 5.02 Å². The molecule has 1 fully saturated rings. The van der Waals surface area contributed by atoms with Crippen LogP contribution in [0.4, 0.5) is 4.39 Å². The van der Waals surface area contributed by atoms with Gasteiger partial charge in [0.2, 0.25) is 15.9 Å². The number of halogens is 3. The van der Waals surface area contributed by atoms with Crippen LogP contribution in [0.15, 0.2) is 53.4 Å². The minimum absolute atomic E-state index is 0.0438. The average Bonchev–Trinajstić information content (AvgIpc) is 2.69. The molecule has 148 valence electrons. The number of hydrogen-bond donors (Lipinski definition) is 0. The molecular formula is C19H17Cl2FN2O3S. The van der Waals surface area contributed by atoms with Crippen molar-refractivity contribution in [3.05, 3.63) is 70.0 Å². The second kappa shape index (κ2) is 8.61. The number of hydrogen-bond acceptors (Lipinski definition) is 3. The number of nitrogens with zero attached hydrogens (tertiary/aromatic N) is 2. The number of rotatable bonds is 4. The van der Waals surface area contributed by atoms with Crippen molar-refractivity contribution in [1.82, 2.24) is 9.21 Å². The number of amides is 1. The third-order valence-corrected chi connectivity index (χ3v) is 6.97. The average molecular weight is 443 g/mol. The highest BCUT2D eigenvalue weighted by Crippen LogP contribution is 2.28. The van der Waals surface area contributed by atoms with Crippen molar-refractivity contribution < 1.29 is 17.6 Å². The van der Waals surface area contributed by atoms with Crippen LogP contribution in [0, 0.1) is 5.82 Å². The van der Waals surface area contributed by atoms with Crippen molar-refractivity contribution in [1.29, 1.82) is 0 Å². The van der Waals surface area contributed by atoms with E-state index in [0.29, 0.717) is 5.56 Å². The highest BCUT2D eigenvalue weighted by atomic mass is 35.5. The van der Waals surface area contributed by atoms with Gasteiger partial charge in [0, 0.05) is 37.3 Å². The molecule has 5 nitrogen and oxygen atoms in total. The van der Waals surface area contributed by atoms with E-state index in [9.17, 15) is 17.6 Å². The Balaban J connectivity index is 1.64. The van der Waals surface area contributed by atoms with Crippen molar-refractivity contribution in [2.24, 2.45) is 0 Å². The van der Waals surface area contributed by atoms with Gasteiger partial charge in [-0.05, 0) is 42.0 Å². The van der Waals surface area contributed by atoms with E-state index in [1.807, 2.05) is 0 Å². The highest BCUT2D eigenvalue weighted by Gasteiger charge is 2.31. The Morgan fingerprint density at radius 2 is 1.64 bits per heavy atom. The second-order valence-corrected chi connectivity index (χ2v) is 8.94. The molecule has 0 aromatic heterocycles. The number of carbonyl (C=O) groups is 1. The molecule has 1 amide bonds. The summed E-state index contributed by atoms with van der Waals surface area (Å²) in [4.78, 5) is 13.8. The Kier molecular flexibility index (Phi) is 6.40. The Hall–Kier alpha value is -1.93. The largest absolute Gasteiger partial charge is 0.337 e. The van der Waals surface area contributed by atoms with E-state index in [-0.39, 0.29) is 52.8 Å². The van der Waals surface area contributed by atoms with Gasteiger partial charge in [-0.1, -0.05) is 35.3 Å². The molecule has 1 aliphatic heterocycles. The van der Waals surface area contributed by atoms with Crippen LogP contribution in [0.25, 0.3) is 6.08 Å². The zero-order chi connectivity index (χ0) is 20.3. The summed E-state index contributed by atoms with van der Waals surface area (Å²) in [5.74, 6) is -0.581. The van der Waals surface area contributed by atoms with Crippen molar-refractivity contribution >= 4 is 45.2 Å². The van der Waals surface area contributed by atoms with E-state index in [1.165, 1.54) is 40.7 Å². The lowest BCUT2D eigenvalue weighted by atomic mass is 10.2. The van der Waals surface area contributed by atoms with Crippen LogP contribution in [-0.2, 0) is 14.8 Å². The first-order chi connectivity index (χ1) is 13.3. The highest BCUT2D eigenvalue weighted by molar-refractivity contribution is 7.89. The van der Waals surface area contributed by atoms with E-state index in [0.717, 1.165) is 0 Å². The summed E-state index contributed by atoms with van der Waals surface area (Å²) in [6, 6.07) is 10.0. The van der Waals surface area contributed by atoms with Crippen LogP contribution in [-0.4, -0.2) is 49.7 Å². The lowest BCUT2D eigenvalue weighted by Crippen LogP contribution is -2.50. The van der Waals surface area contributed by atoms with E-state index < -0.39 is 10.0 Å². The summed E-state index contributed by atoms with van der Waals surface area (Å²) in [5, 5.41) is 0.382. The van der Waals surface area contributed by atoms with E-state index in [4.69, 9.17) is 23.2 Å². The van der Waals surface area contributed by atoms with Crippen LogP contribution in [0.2, 0.25) is 10.0 Å². The maximum Gasteiger partial charge on any atom is 0.246 e. The van der Waals surface area contributed by atoms with E-state index >= 15 is 0 Å². The molecule has 0 atom stereocenters. The summed E-state index contributed by atoms with van der Waals surface area (Å²) < 4.78 is 39.8. The van der Waals surface area contributed by atoms with Gasteiger partial charge in [0.1, 0.15) is 10.7 Å². The Bertz CT molecular complexity index is 1000. The van der Waals surface area contributed by atoms with Crippen molar-refractivity contribution in [2.75, 3.05) is 26.2 Å². The SMILES string of the molecule is O=C(/C=C/c1ccc(F)cc1)N1CCN(S(=O)(=O)c2cc(Cl)ccc2Cl)CC1. The van der Waals surface area contributed by atoms with Gasteiger partial charge >= 0.3 is 0 Å². The maximum absolute atomic E-state index is 12.9. The summed E-state index contributed by atoms with van der Waals surface area (Å²) in [6.07, 6.45) is 2.99. The van der Waals surface area contributed by atoms with Crippen molar-refractivity contribution in [3.8, 4) is 0 Å². The van der Waals surface area contributed by atoms with Gasteiger partial charge in [-0.15, -0.1) is 0 Å². The van der Waals surface area contributed by atoms with E-state index in [1.54, 1.807) is 23.1 Å². The molecule has 0 unspecified atom stereocenters. The molecular weight excluding hydrogens is 426 g/mol. The van der Waals surface area contributed by atoms with Crippen LogP contribution >= 0.6 is 23.2 Å². The zero-order valence-corrected chi connectivity index (χ0v) is 17.0. The molecule has 1 saturated heterocycles. The van der Waals surface area contributed by atoms with Crippen molar-refractivity contribution in [2.45, 2.75) is 4.90 Å². The molecule has 1 aliphatic rings. The minimum atomic E-state index is -3.80. The summed E-state index contributed by atoms with van der Waals surface area (Å²) in [5.41, 5.74) is 0.701. The predicted octanol–water partition coefficient (Wildman–Crippen LogP) is 3.68. The van der Waals surface area contributed by atoms with Crippen LogP contribution < -0.4 is 0 Å². The molecule has 0 spiro atoms. The smallest absolute Gasteiger partial charge is 0.246 e. The molecule has 0 saturated carbocycles. The zero-order valence-electron chi connectivity index (χ0n) is 14.7. The lowest BCUT2D eigenvalue weighted by molar-refractivity contribution is -0.127. The van der Waals surface area contributed by atoms with Gasteiger partial charge in [-0.25, -0.2) is 12.8 Å². The summed E-state index contributed by atoms with van der Waals surface area (Å²) in [6.45, 7) is 0.816. The van der Waals surface area contributed by atoms with Crippen molar-refractivity contribution in [3.63, 3.8) is 0 Å². The Labute approximate surface area is 173 Å². The van der Waals surface area contributed by atoms with E-state index in [2.05, 4.69) is 0 Å². The summed E-state index contributed by atoms with van der Waals surface area (Å²) >= 11 is 11.9. The van der Waals surface area contributed by atoms with Crippen LogP contribution in [0.3, 0.4) is 0 Å². The van der Waals surface area contributed by atoms with Crippen LogP contribution in [0.1, 0.15) is 5.56 Å². The topological polar surface area (TPSA) is 57.7 Å². The van der Waals surface area contributed by atoms with Gasteiger partial charge in [-0.2, -0.15) is 4.31 Å². The maximum atomic E-state index is 12.9. The van der Waals surface area contributed by atoms with Gasteiger partial charge in [-0.3, -0.25) is 4.79 Å². The van der Waals surface area contributed by atoms with Crippen LogP contribution in [0.5, 0.6) is 0 Å². The number of benzene rings is 2. The number of sulfonamides is 1. The predicted molar refractivity (Wildman–Crippen MR) is 107 cm³/mol. The monoisotopic (exact) mass is 442 g/mol. The Morgan fingerprint density at radius 3 is 2.29 bits per heavy atom. The molecule has 9 heteroatoms. The molecule has 3 rings (SSSR count). The fourth-order valence-corrected chi connectivity index (χ4v) is 4.97. The quantitative estimate of drug-likeness (QED) is 0.678. The van der Waals surface area contributed by atoms with Gasteiger partial charge in [0.15, 0.2) is 0 Å². The third-order valence-electron chi connectivity index (χ3n) is 4.35. The second-order valence-electron chi connectivity index (χ2n) is 6.19. The first-order valence-electron chi connectivity index (χ1n) is 8.45. The third kappa shape index (κ3) is 4.72. The standard InChI is InChI=1S/C19H17Cl2FN2O3S/c20-15-4-7-17(21)18(13-15)28(26,27)24-11-9-23(10-12-24)19(25)8-3-14-1-5-16(22)6-2-14/h1-8,13H,9-12H2/b8-3+. The number of carbonyl (C=O) groups excluding carboxylic acids is 1. The van der Waals surface area contributed by atoms with Gasteiger partial charge in [0.25, 0.3) is 0 Å². The molecule has 0 bridgehead atoms. The molecule has 2 aromatic rings.